The van der Waals surface area contributed by atoms with Crippen LogP contribution in [0.3, 0.4) is 0 Å². The highest BCUT2D eigenvalue weighted by Gasteiger charge is 2.33. The molecule has 166 valence electrons. The van der Waals surface area contributed by atoms with E-state index >= 15 is 0 Å². The predicted molar refractivity (Wildman–Crippen MR) is 120 cm³/mol. The van der Waals surface area contributed by atoms with Crippen LogP contribution in [0.1, 0.15) is 27.5 Å². The molecule has 1 unspecified atom stereocenters. The molecule has 0 saturated heterocycles. The van der Waals surface area contributed by atoms with Gasteiger partial charge in [-0.3, -0.25) is 4.79 Å². The molecule has 0 radical (unpaired) electrons. The third kappa shape index (κ3) is 4.50. The van der Waals surface area contributed by atoms with Gasteiger partial charge < -0.3 is 19.1 Å². The van der Waals surface area contributed by atoms with Crippen LogP contribution < -0.4 is 14.2 Å². The Morgan fingerprint density at radius 2 is 1.69 bits per heavy atom. The summed E-state index contributed by atoms with van der Waals surface area (Å²) in [6.45, 7) is 0.717. The largest absolute Gasteiger partial charge is 0.493 e. The van der Waals surface area contributed by atoms with E-state index < -0.39 is 0 Å². The zero-order chi connectivity index (χ0) is 22.7. The summed E-state index contributed by atoms with van der Waals surface area (Å²) in [5.74, 6) is 1.30. The van der Waals surface area contributed by atoms with Gasteiger partial charge in [-0.05, 0) is 78.2 Å². The molecule has 1 aliphatic heterocycles. The highest BCUT2D eigenvalue weighted by molar-refractivity contribution is 6.30. The molecule has 1 heterocycles. The number of benzene rings is 3. The fourth-order valence-corrected chi connectivity index (χ4v) is 4.04. The van der Waals surface area contributed by atoms with Gasteiger partial charge in [0.2, 0.25) is 0 Å². The molecule has 0 aromatic heterocycles. The van der Waals surface area contributed by atoms with E-state index in [-0.39, 0.29) is 24.4 Å². The number of nitrogens with zero attached hydrogens (tertiary/aromatic N) is 1. The third-order valence-corrected chi connectivity index (χ3v) is 5.83. The van der Waals surface area contributed by atoms with Crippen molar-refractivity contribution < 1.29 is 23.4 Å². The van der Waals surface area contributed by atoms with Crippen molar-refractivity contribution in [2.75, 3.05) is 27.4 Å². The van der Waals surface area contributed by atoms with Crippen molar-refractivity contribution >= 4 is 17.5 Å². The molecule has 0 fully saturated rings. The fourth-order valence-electron chi connectivity index (χ4n) is 3.92. The van der Waals surface area contributed by atoms with E-state index in [9.17, 15) is 9.18 Å². The Hall–Kier alpha value is -3.25. The summed E-state index contributed by atoms with van der Waals surface area (Å²) < 4.78 is 30.2. The van der Waals surface area contributed by atoms with Crippen LogP contribution in [-0.4, -0.2) is 38.2 Å². The fraction of sp³-hybridized carbons (Fsp3) is 0.240. The average molecular weight is 456 g/mol. The van der Waals surface area contributed by atoms with E-state index in [0.29, 0.717) is 40.8 Å². The standard InChI is InChI=1S/C25H23ClFNO4/c1-30-23-13-17-11-12-28(25(29)16-3-5-18(26)6-4-16)22(21(17)14-24(23)31-2)15-32-20-9-7-19(27)8-10-20/h3-10,13-14,22H,11-12,15H2,1-2H3. The minimum Gasteiger partial charge on any atom is -0.493 e. The van der Waals surface area contributed by atoms with Crippen molar-refractivity contribution in [2.24, 2.45) is 0 Å². The molecular weight excluding hydrogens is 433 g/mol. The maximum Gasteiger partial charge on any atom is 0.254 e. The molecule has 4 rings (SSSR count). The quantitative estimate of drug-likeness (QED) is 0.505. The molecule has 1 amide bonds. The molecule has 7 heteroatoms. The van der Waals surface area contributed by atoms with Crippen molar-refractivity contribution in [3.63, 3.8) is 0 Å². The Bertz CT molecular complexity index is 1100. The number of methoxy groups -OCH3 is 2. The van der Waals surface area contributed by atoms with Gasteiger partial charge >= 0.3 is 0 Å². The number of rotatable bonds is 6. The monoisotopic (exact) mass is 455 g/mol. The molecule has 0 spiro atoms. The Kier molecular flexibility index (Phi) is 6.51. The van der Waals surface area contributed by atoms with Gasteiger partial charge in [-0.1, -0.05) is 11.6 Å². The lowest BCUT2D eigenvalue weighted by Gasteiger charge is -2.37. The van der Waals surface area contributed by atoms with Gasteiger partial charge in [0.25, 0.3) is 5.91 Å². The zero-order valence-electron chi connectivity index (χ0n) is 17.8. The highest BCUT2D eigenvalue weighted by Crippen LogP contribution is 2.39. The normalized spacial score (nSPS) is 15.1. The Balaban J connectivity index is 1.69. The average Bonchev–Trinajstić information content (AvgIpc) is 2.82. The SMILES string of the molecule is COc1cc2c(cc1OC)C(COc1ccc(F)cc1)N(C(=O)c1ccc(Cl)cc1)CC2. The van der Waals surface area contributed by atoms with Crippen LogP contribution >= 0.6 is 11.6 Å². The number of carbonyl (C=O) groups is 1. The second kappa shape index (κ2) is 9.49. The summed E-state index contributed by atoms with van der Waals surface area (Å²) in [7, 11) is 3.17. The lowest BCUT2D eigenvalue weighted by atomic mass is 9.91. The first-order chi connectivity index (χ1) is 15.5. The van der Waals surface area contributed by atoms with Gasteiger partial charge in [0.1, 0.15) is 18.2 Å². The molecule has 0 aliphatic carbocycles. The molecule has 3 aromatic rings. The van der Waals surface area contributed by atoms with E-state index in [2.05, 4.69) is 0 Å². The van der Waals surface area contributed by atoms with Crippen LogP contribution in [0, 0.1) is 5.82 Å². The first-order valence-corrected chi connectivity index (χ1v) is 10.6. The topological polar surface area (TPSA) is 48.0 Å². The molecule has 3 aromatic carbocycles. The molecular formula is C25H23ClFNO4. The summed E-state index contributed by atoms with van der Waals surface area (Å²) >= 11 is 5.99. The first-order valence-electron chi connectivity index (χ1n) is 10.2. The Morgan fingerprint density at radius 3 is 2.34 bits per heavy atom. The summed E-state index contributed by atoms with van der Waals surface area (Å²) in [6, 6.07) is 16.1. The van der Waals surface area contributed by atoms with Crippen molar-refractivity contribution in [3.05, 3.63) is 88.2 Å². The summed E-state index contributed by atoms with van der Waals surface area (Å²) in [4.78, 5) is 15.2. The van der Waals surface area contributed by atoms with E-state index in [1.807, 2.05) is 12.1 Å². The number of carbonyl (C=O) groups excluding carboxylic acids is 1. The maximum atomic E-state index is 13.4. The molecule has 0 N–H and O–H groups in total. The summed E-state index contributed by atoms with van der Waals surface area (Å²) in [5.41, 5.74) is 2.54. The van der Waals surface area contributed by atoms with Crippen LogP contribution in [0.15, 0.2) is 60.7 Å². The van der Waals surface area contributed by atoms with Gasteiger partial charge in [-0.2, -0.15) is 0 Å². The number of amides is 1. The first kappa shape index (κ1) is 22.0. The molecule has 0 bridgehead atoms. The lowest BCUT2D eigenvalue weighted by molar-refractivity contribution is 0.0589. The van der Waals surface area contributed by atoms with Gasteiger partial charge in [0.15, 0.2) is 11.5 Å². The minimum absolute atomic E-state index is 0.116. The maximum absolute atomic E-state index is 13.4. The van der Waals surface area contributed by atoms with Crippen LogP contribution in [0.5, 0.6) is 17.2 Å². The minimum atomic E-state index is -0.369. The Morgan fingerprint density at radius 1 is 1.03 bits per heavy atom. The number of hydrogen-bond donors (Lipinski definition) is 0. The molecule has 1 atom stereocenters. The van der Waals surface area contributed by atoms with Crippen LogP contribution in [0.25, 0.3) is 0 Å². The number of fused-ring (bicyclic) bond motifs is 1. The zero-order valence-corrected chi connectivity index (χ0v) is 18.6. The van der Waals surface area contributed by atoms with Gasteiger partial charge in [-0.15, -0.1) is 0 Å². The van der Waals surface area contributed by atoms with E-state index in [1.54, 1.807) is 55.5 Å². The highest BCUT2D eigenvalue weighted by atomic mass is 35.5. The van der Waals surface area contributed by atoms with Crippen molar-refractivity contribution in [1.82, 2.24) is 4.90 Å². The smallest absolute Gasteiger partial charge is 0.254 e. The number of hydrogen-bond acceptors (Lipinski definition) is 4. The number of ether oxygens (including phenoxy) is 3. The van der Waals surface area contributed by atoms with E-state index in [1.165, 1.54) is 12.1 Å². The lowest BCUT2D eigenvalue weighted by Crippen LogP contribution is -2.42. The van der Waals surface area contributed by atoms with E-state index in [4.69, 9.17) is 25.8 Å². The third-order valence-electron chi connectivity index (χ3n) is 5.58. The summed E-state index contributed by atoms with van der Waals surface area (Å²) in [6.07, 6.45) is 0.669. The van der Waals surface area contributed by atoms with Crippen LogP contribution in [0.2, 0.25) is 5.02 Å². The molecule has 5 nitrogen and oxygen atoms in total. The van der Waals surface area contributed by atoms with Crippen molar-refractivity contribution in [1.29, 1.82) is 0 Å². The molecule has 32 heavy (non-hydrogen) atoms. The van der Waals surface area contributed by atoms with Crippen molar-refractivity contribution in [3.8, 4) is 17.2 Å². The van der Waals surface area contributed by atoms with Crippen LogP contribution in [0.4, 0.5) is 4.39 Å². The van der Waals surface area contributed by atoms with Gasteiger partial charge in [0, 0.05) is 17.1 Å². The second-order valence-electron chi connectivity index (χ2n) is 7.44. The Labute approximate surface area is 191 Å². The predicted octanol–water partition coefficient (Wildman–Crippen LogP) is 5.31. The second-order valence-corrected chi connectivity index (χ2v) is 7.88. The van der Waals surface area contributed by atoms with Gasteiger partial charge in [-0.25, -0.2) is 4.39 Å². The van der Waals surface area contributed by atoms with Crippen molar-refractivity contribution in [2.45, 2.75) is 12.5 Å². The molecule has 0 saturated carbocycles. The van der Waals surface area contributed by atoms with Crippen LogP contribution in [-0.2, 0) is 6.42 Å². The van der Waals surface area contributed by atoms with Gasteiger partial charge in [0.05, 0.1) is 20.3 Å². The van der Waals surface area contributed by atoms with E-state index in [0.717, 1.165) is 11.1 Å². The molecule has 1 aliphatic rings. The summed E-state index contributed by atoms with van der Waals surface area (Å²) in [5, 5.41) is 0.568. The number of halogens is 2.